The number of benzene rings is 2. The molecule has 0 spiro atoms. The quantitative estimate of drug-likeness (QED) is 0.425. The fraction of sp³-hybridized carbons (Fsp3) is 0.429. The van der Waals surface area contributed by atoms with Crippen LogP contribution in [0.25, 0.3) is 0 Å². The van der Waals surface area contributed by atoms with Crippen LogP contribution in [0.1, 0.15) is 30.4 Å². The number of carbonyl (C=O) groups excluding carboxylic acids is 3. The predicted octanol–water partition coefficient (Wildman–Crippen LogP) is 3.30. The number of anilines is 2. The minimum Gasteiger partial charge on any atom is -0.495 e. The van der Waals surface area contributed by atoms with E-state index >= 15 is 0 Å². The Morgan fingerprint density at radius 3 is 2.56 bits per heavy atom. The van der Waals surface area contributed by atoms with E-state index in [0.717, 1.165) is 5.56 Å². The number of hydrogen-bond donors (Lipinski definition) is 4. The summed E-state index contributed by atoms with van der Waals surface area (Å²) in [6, 6.07) is 11.3. The lowest BCUT2D eigenvalue weighted by Crippen LogP contribution is -2.55. The van der Waals surface area contributed by atoms with Gasteiger partial charge in [-0.05, 0) is 62.1 Å². The summed E-state index contributed by atoms with van der Waals surface area (Å²) in [4.78, 5) is 53.9. The van der Waals surface area contributed by atoms with E-state index in [1.165, 1.54) is 16.9 Å². The predicted molar refractivity (Wildman–Crippen MR) is 146 cm³/mol. The molecule has 2 saturated heterocycles. The molecule has 4 N–H and O–H groups in total. The van der Waals surface area contributed by atoms with Gasteiger partial charge in [0.25, 0.3) is 0 Å². The first-order valence-corrected chi connectivity index (χ1v) is 13.1. The molecule has 2 aliphatic rings. The molecular weight excluding hydrogens is 502 g/mol. The Labute approximate surface area is 227 Å². The van der Waals surface area contributed by atoms with Gasteiger partial charge in [0.1, 0.15) is 5.75 Å². The number of aliphatic carboxylic acids is 1. The second kappa shape index (κ2) is 12.6. The molecule has 2 aliphatic heterocycles. The van der Waals surface area contributed by atoms with Crippen LogP contribution in [0.4, 0.5) is 21.0 Å². The van der Waals surface area contributed by atoms with Gasteiger partial charge in [-0.15, -0.1) is 0 Å². The zero-order valence-electron chi connectivity index (χ0n) is 22.2. The van der Waals surface area contributed by atoms with Gasteiger partial charge in [0, 0.05) is 25.3 Å². The molecule has 0 aromatic heterocycles. The number of methoxy groups -OCH3 is 1. The van der Waals surface area contributed by atoms with Crippen LogP contribution in [-0.2, 0) is 16.0 Å². The maximum Gasteiger partial charge on any atom is 0.327 e. The standard InChI is InChI=1S/C28H35N5O6/c1-18-6-3-4-8-22(18)30-27(37)31-23-10-9-19(14-24(23)39-2)15-25(34)33(21-11-12-29-16-21)28(38)32-13-5-7-20(17-32)26(35)36/h3-4,6,8-10,14,20-21,29H,5,7,11-13,15-17H2,1-2H3,(H,35,36)(H2,30,31,37). The van der Waals surface area contributed by atoms with Gasteiger partial charge in [-0.3, -0.25) is 14.5 Å². The number of nitrogens with zero attached hydrogens (tertiary/aromatic N) is 2. The van der Waals surface area contributed by atoms with Gasteiger partial charge in [-0.2, -0.15) is 0 Å². The number of carbonyl (C=O) groups is 4. The minimum absolute atomic E-state index is 0.0511. The van der Waals surface area contributed by atoms with Crippen LogP contribution in [0.2, 0.25) is 0 Å². The number of carboxylic acids is 1. The number of likely N-dealkylation sites (tertiary alicyclic amines) is 1. The SMILES string of the molecule is COc1cc(CC(=O)N(C(=O)N2CCCC(C(=O)O)C2)C2CCNC2)ccc1NC(=O)Nc1ccccc1C. The Bertz CT molecular complexity index is 1230. The average Bonchev–Trinajstić information content (AvgIpc) is 3.45. The Morgan fingerprint density at radius 1 is 1.10 bits per heavy atom. The Morgan fingerprint density at radius 2 is 1.87 bits per heavy atom. The average molecular weight is 538 g/mol. The Hall–Kier alpha value is -4.12. The molecule has 5 amide bonds. The smallest absolute Gasteiger partial charge is 0.327 e. The molecule has 2 heterocycles. The van der Waals surface area contributed by atoms with E-state index in [4.69, 9.17) is 4.74 Å². The largest absolute Gasteiger partial charge is 0.495 e. The summed E-state index contributed by atoms with van der Waals surface area (Å²) in [5.74, 6) is -1.55. The second-order valence-electron chi connectivity index (χ2n) is 9.92. The molecule has 39 heavy (non-hydrogen) atoms. The Balaban J connectivity index is 1.46. The highest BCUT2D eigenvalue weighted by Crippen LogP contribution is 2.27. The number of urea groups is 2. The van der Waals surface area contributed by atoms with Crippen LogP contribution in [0.15, 0.2) is 42.5 Å². The highest BCUT2D eigenvalue weighted by atomic mass is 16.5. The molecule has 2 aromatic rings. The molecule has 2 fully saturated rings. The molecule has 0 bridgehead atoms. The number of imide groups is 1. The van der Waals surface area contributed by atoms with Gasteiger partial charge in [0.15, 0.2) is 0 Å². The van der Waals surface area contributed by atoms with Crippen molar-refractivity contribution in [2.75, 3.05) is 43.9 Å². The number of piperidine rings is 1. The van der Waals surface area contributed by atoms with E-state index in [9.17, 15) is 24.3 Å². The third kappa shape index (κ3) is 6.85. The first-order valence-electron chi connectivity index (χ1n) is 13.1. The number of ether oxygens (including phenoxy) is 1. The summed E-state index contributed by atoms with van der Waals surface area (Å²) in [6.07, 6.45) is 1.68. The van der Waals surface area contributed by atoms with Crippen LogP contribution in [-0.4, -0.2) is 78.2 Å². The van der Waals surface area contributed by atoms with Gasteiger partial charge in [-0.25, -0.2) is 9.59 Å². The lowest BCUT2D eigenvalue weighted by atomic mass is 9.98. The van der Waals surface area contributed by atoms with Crippen molar-refractivity contribution in [2.24, 2.45) is 5.92 Å². The van der Waals surface area contributed by atoms with Crippen molar-refractivity contribution in [3.05, 3.63) is 53.6 Å². The zero-order chi connectivity index (χ0) is 27.9. The molecule has 11 heteroatoms. The summed E-state index contributed by atoms with van der Waals surface area (Å²) in [7, 11) is 1.47. The van der Waals surface area contributed by atoms with Crippen molar-refractivity contribution in [1.82, 2.24) is 15.1 Å². The molecule has 2 unspecified atom stereocenters. The number of carboxylic acid groups (broad SMARTS) is 1. The number of rotatable bonds is 7. The van der Waals surface area contributed by atoms with Gasteiger partial charge < -0.3 is 30.7 Å². The van der Waals surface area contributed by atoms with E-state index < -0.39 is 23.9 Å². The normalized spacial score (nSPS) is 18.8. The molecule has 0 radical (unpaired) electrons. The van der Waals surface area contributed by atoms with Crippen LogP contribution < -0.4 is 20.7 Å². The lowest BCUT2D eigenvalue weighted by Gasteiger charge is -2.36. The van der Waals surface area contributed by atoms with E-state index in [2.05, 4.69) is 16.0 Å². The maximum absolute atomic E-state index is 13.5. The fourth-order valence-corrected chi connectivity index (χ4v) is 5.03. The van der Waals surface area contributed by atoms with Gasteiger partial charge in [0.05, 0.1) is 31.2 Å². The van der Waals surface area contributed by atoms with Gasteiger partial charge in [-0.1, -0.05) is 24.3 Å². The first-order chi connectivity index (χ1) is 18.8. The summed E-state index contributed by atoms with van der Waals surface area (Å²) in [5, 5.41) is 18.2. The van der Waals surface area contributed by atoms with Crippen molar-refractivity contribution < 1.29 is 29.0 Å². The fourth-order valence-electron chi connectivity index (χ4n) is 5.03. The lowest BCUT2D eigenvalue weighted by molar-refractivity contribution is -0.143. The molecule has 4 rings (SSSR count). The summed E-state index contributed by atoms with van der Waals surface area (Å²) in [6.45, 7) is 3.60. The number of hydrogen-bond acceptors (Lipinski definition) is 6. The zero-order valence-corrected chi connectivity index (χ0v) is 22.2. The molecule has 0 aliphatic carbocycles. The summed E-state index contributed by atoms with van der Waals surface area (Å²) in [5.41, 5.74) is 2.66. The van der Waals surface area contributed by atoms with E-state index in [1.807, 2.05) is 25.1 Å². The molecule has 2 aromatic carbocycles. The highest BCUT2D eigenvalue weighted by molar-refractivity contribution is 6.01. The Kier molecular flexibility index (Phi) is 9.03. The number of aryl methyl sites for hydroxylation is 1. The van der Waals surface area contributed by atoms with Crippen molar-refractivity contribution in [1.29, 1.82) is 0 Å². The van der Waals surface area contributed by atoms with Crippen molar-refractivity contribution >= 4 is 35.3 Å². The van der Waals surface area contributed by atoms with Crippen LogP contribution in [0.3, 0.4) is 0 Å². The van der Waals surface area contributed by atoms with Gasteiger partial charge >= 0.3 is 18.0 Å². The monoisotopic (exact) mass is 537 g/mol. The highest BCUT2D eigenvalue weighted by Gasteiger charge is 2.37. The summed E-state index contributed by atoms with van der Waals surface area (Å²) >= 11 is 0. The molecular formula is C28H35N5O6. The van der Waals surface area contributed by atoms with Crippen LogP contribution in [0.5, 0.6) is 5.75 Å². The van der Waals surface area contributed by atoms with E-state index in [1.54, 1.807) is 24.3 Å². The number of nitrogens with one attached hydrogen (secondary N) is 3. The molecule has 2 atom stereocenters. The van der Waals surface area contributed by atoms with Crippen LogP contribution >= 0.6 is 0 Å². The first kappa shape index (κ1) is 27.9. The van der Waals surface area contributed by atoms with Crippen molar-refractivity contribution in [3.63, 3.8) is 0 Å². The third-order valence-electron chi connectivity index (χ3n) is 7.18. The van der Waals surface area contributed by atoms with Crippen molar-refractivity contribution in [3.8, 4) is 5.75 Å². The maximum atomic E-state index is 13.5. The van der Waals surface area contributed by atoms with E-state index in [-0.39, 0.29) is 24.9 Å². The van der Waals surface area contributed by atoms with E-state index in [0.29, 0.717) is 61.6 Å². The van der Waals surface area contributed by atoms with Crippen molar-refractivity contribution in [2.45, 2.75) is 38.6 Å². The molecule has 208 valence electrons. The topological polar surface area (TPSA) is 140 Å². The number of amides is 5. The molecule has 11 nitrogen and oxygen atoms in total. The molecule has 0 saturated carbocycles. The summed E-state index contributed by atoms with van der Waals surface area (Å²) < 4.78 is 5.47. The number of para-hydroxylation sites is 1. The third-order valence-corrected chi connectivity index (χ3v) is 7.18. The second-order valence-corrected chi connectivity index (χ2v) is 9.92. The minimum atomic E-state index is -0.929. The van der Waals surface area contributed by atoms with Crippen LogP contribution in [0, 0.1) is 12.8 Å². The van der Waals surface area contributed by atoms with Gasteiger partial charge in [0.2, 0.25) is 5.91 Å².